The number of hydrogen-bond donors (Lipinski definition) is 1. The first-order valence-electron chi connectivity index (χ1n) is 3.35. The van der Waals surface area contributed by atoms with E-state index in [0.717, 1.165) is 0 Å². The SMILES string of the molecule is O=Cc1cccc(CC(=O)O)n1. The number of carboxylic acids is 1. The van der Waals surface area contributed by atoms with Gasteiger partial charge in [0.05, 0.1) is 12.1 Å². The smallest absolute Gasteiger partial charge is 0.309 e. The third kappa shape index (κ3) is 2.16. The van der Waals surface area contributed by atoms with E-state index < -0.39 is 5.97 Å². The lowest BCUT2D eigenvalue weighted by molar-refractivity contribution is -0.136. The van der Waals surface area contributed by atoms with Crippen molar-refractivity contribution in [2.45, 2.75) is 6.42 Å². The lowest BCUT2D eigenvalue weighted by atomic mass is 10.2. The molecule has 1 aromatic heterocycles. The van der Waals surface area contributed by atoms with Crippen molar-refractivity contribution in [2.75, 3.05) is 0 Å². The number of aldehydes is 1. The molecule has 0 unspecified atom stereocenters. The van der Waals surface area contributed by atoms with E-state index in [-0.39, 0.29) is 12.1 Å². The van der Waals surface area contributed by atoms with E-state index in [4.69, 9.17) is 5.11 Å². The molecule has 0 aromatic carbocycles. The van der Waals surface area contributed by atoms with E-state index in [2.05, 4.69) is 4.98 Å². The topological polar surface area (TPSA) is 67.3 Å². The van der Waals surface area contributed by atoms with Crippen LogP contribution in [0.3, 0.4) is 0 Å². The molecule has 4 heteroatoms. The largest absolute Gasteiger partial charge is 0.481 e. The fourth-order valence-electron chi connectivity index (χ4n) is 0.817. The van der Waals surface area contributed by atoms with Crippen LogP contribution in [0.2, 0.25) is 0 Å². The first-order chi connectivity index (χ1) is 5.72. The number of hydrogen-bond acceptors (Lipinski definition) is 3. The van der Waals surface area contributed by atoms with Crippen molar-refractivity contribution in [3.05, 3.63) is 29.6 Å². The minimum absolute atomic E-state index is 0.151. The second-order valence-electron chi connectivity index (χ2n) is 2.24. The second-order valence-corrected chi connectivity index (χ2v) is 2.24. The van der Waals surface area contributed by atoms with Gasteiger partial charge in [-0.05, 0) is 12.1 Å². The molecule has 0 amide bonds. The third-order valence-corrected chi connectivity index (χ3v) is 1.28. The van der Waals surface area contributed by atoms with Gasteiger partial charge in [0.25, 0.3) is 0 Å². The number of aromatic nitrogens is 1. The monoisotopic (exact) mass is 165 g/mol. The molecule has 0 aliphatic heterocycles. The van der Waals surface area contributed by atoms with E-state index in [1.807, 2.05) is 0 Å². The molecule has 1 heterocycles. The summed E-state index contributed by atoms with van der Waals surface area (Å²) in [4.78, 5) is 24.3. The van der Waals surface area contributed by atoms with Crippen molar-refractivity contribution in [3.8, 4) is 0 Å². The van der Waals surface area contributed by atoms with Gasteiger partial charge in [-0.15, -0.1) is 0 Å². The van der Waals surface area contributed by atoms with Gasteiger partial charge in [0.15, 0.2) is 6.29 Å². The van der Waals surface area contributed by atoms with Crippen LogP contribution in [-0.4, -0.2) is 22.3 Å². The fourth-order valence-corrected chi connectivity index (χ4v) is 0.817. The Morgan fingerprint density at radius 3 is 2.92 bits per heavy atom. The molecule has 1 rings (SSSR count). The van der Waals surface area contributed by atoms with Gasteiger partial charge in [0, 0.05) is 0 Å². The lowest BCUT2D eigenvalue weighted by Crippen LogP contribution is -2.03. The third-order valence-electron chi connectivity index (χ3n) is 1.28. The normalized spacial score (nSPS) is 9.33. The molecule has 0 radical (unpaired) electrons. The average molecular weight is 165 g/mol. The molecule has 62 valence electrons. The van der Waals surface area contributed by atoms with E-state index >= 15 is 0 Å². The van der Waals surface area contributed by atoms with Crippen LogP contribution < -0.4 is 0 Å². The van der Waals surface area contributed by atoms with Crippen LogP contribution in [0.15, 0.2) is 18.2 Å². The quantitative estimate of drug-likeness (QED) is 0.663. The average Bonchev–Trinajstić information content (AvgIpc) is 2.03. The zero-order valence-electron chi connectivity index (χ0n) is 6.23. The summed E-state index contributed by atoms with van der Waals surface area (Å²) in [7, 11) is 0. The maximum absolute atomic E-state index is 10.2. The molecule has 0 aliphatic rings. The molecule has 0 saturated heterocycles. The first-order valence-corrected chi connectivity index (χ1v) is 3.35. The summed E-state index contributed by atoms with van der Waals surface area (Å²) in [5, 5.41) is 8.40. The van der Waals surface area contributed by atoms with Gasteiger partial charge in [0.1, 0.15) is 5.69 Å². The van der Waals surface area contributed by atoms with Gasteiger partial charge in [0.2, 0.25) is 0 Å². The number of carbonyl (C=O) groups is 2. The van der Waals surface area contributed by atoms with Gasteiger partial charge in [-0.1, -0.05) is 6.07 Å². The standard InChI is InChI=1S/C8H7NO3/c10-5-7-3-1-2-6(9-7)4-8(11)12/h1-3,5H,4H2,(H,11,12). The van der Waals surface area contributed by atoms with Crippen LogP contribution in [0.4, 0.5) is 0 Å². The van der Waals surface area contributed by atoms with Crippen molar-refractivity contribution in [1.29, 1.82) is 0 Å². The molecule has 0 aliphatic carbocycles. The van der Waals surface area contributed by atoms with E-state index in [9.17, 15) is 9.59 Å². The highest BCUT2D eigenvalue weighted by Gasteiger charge is 2.01. The Morgan fingerprint density at radius 2 is 2.33 bits per heavy atom. The number of carboxylic acid groups (broad SMARTS) is 1. The summed E-state index contributed by atoms with van der Waals surface area (Å²) < 4.78 is 0. The summed E-state index contributed by atoms with van der Waals surface area (Å²) in [5.41, 5.74) is 0.654. The molecule has 12 heavy (non-hydrogen) atoms. The van der Waals surface area contributed by atoms with Crippen molar-refractivity contribution >= 4 is 12.3 Å². The molecule has 0 fully saturated rings. The zero-order valence-corrected chi connectivity index (χ0v) is 6.23. The summed E-state index contributed by atoms with van der Waals surface area (Å²) in [6.07, 6.45) is 0.438. The van der Waals surface area contributed by atoms with Crippen molar-refractivity contribution in [1.82, 2.24) is 4.98 Å². The Balaban J connectivity index is 2.86. The molecule has 0 saturated carbocycles. The molecule has 0 bridgehead atoms. The van der Waals surface area contributed by atoms with Crippen LogP contribution in [0.1, 0.15) is 16.2 Å². The highest BCUT2D eigenvalue weighted by atomic mass is 16.4. The van der Waals surface area contributed by atoms with E-state index in [1.165, 1.54) is 6.07 Å². The molecule has 1 aromatic rings. The van der Waals surface area contributed by atoms with E-state index in [1.54, 1.807) is 12.1 Å². The van der Waals surface area contributed by atoms with Crippen LogP contribution in [0, 0.1) is 0 Å². The number of aliphatic carboxylic acids is 1. The minimum atomic E-state index is -0.953. The fraction of sp³-hybridized carbons (Fsp3) is 0.125. The van der Waals surface area contributed by atoms with Gasteiger partial charge in [-0.25, -0.2) is 4.98 Å². The first kappa shape index (κ1) is 8.39. The van der Waals surface area contributed by atoms with Gasteiger partial charge in [-0.3, -0.25) is 9.59 Å². The Morgan fingerprint density at radius 1 is 1.58 bits per heavy atom. The lowest BCUT2D eigenvalue weighted by Gasteiger charge is -1.95. The molecular formula is C8H7NO3. The molecule has 0 atom stereocenters. The molecule has 1 N–H and O–H groups in total. The molecule has 4 nitrogen and oxygen atoms in total. The molecular weight excluding hydrogens is 158 g/mol. The maximum atomic E-state index is 10.2. The predicted octanol–water partition coefficient (Wildman–Crippen LogP) is 0.521. The summed E-state index contributed by atoms with van der Waals surface area (Å²) in [6, 6.07) is 4.70. The van der Waals surface area contributed by atoms with Crippen molar-refractivity contribution in [3.63, 3.8) is 0 Å². The number of nitrogens with zero attached hydrogens (tertiary/aromatic N) is 1. The molecule has 0 spiro atoms. The maximum Gasteiger partial charge on any atom is 0.309 e. The Kier molecular flexibility index (Phi) is 2.53. The Hall–Kier alpha value is -1.71. The van der Waals surface area contributed by atoms with Crippen LogP contribution in [0.5, 0.6) is 0 Å². The summed E-state index contributed by atoms with van der Waals surface area (Å²) in [5.74, 6) is -0.953. The summed E-state index contributed by atoms with van der Waals surface area (Å²) >= 11 is 0. The summed E-state index contributed by atoms with van der Waals surface area (Å²) in [6.45, 7) is 0. The van der Waals surface area contributed by atoms with E-state index in [0.29, 0.717) is 12.0 Å². The van der Waals surface area contributed by atoms with Gasteiger partial charge in [-0.2, -0.15) is 0 Å². The second kappa shape index (κ2) is 3.61. The predicted molar refractivity (Wildman–Crippen MR) is 41.0 cm³/mol. The number of pyridine rings is 1. The van der Waals surface area contributed by atoms with Crippen LogP contribution in [-0.2, 0) is 11.2 Å². The van der Waals surface area contributed by atoms with Gasteiger partial charge < -0.3 is 5.11 Å². The van der Waals surface area contributed by atoms with Crippen molar-refractivity contribution in [2.24, 2.45) is 0 Å². The highest BCUT2D eigenvalue weighted by Crippen LogP contribution is 1.97. The van der Waals surface area contributed by atoms with Gasteiger partial charge >= 0.3 is 5.97 Å². The van der Waals surface area contributed by atoms with Crippen LogP contribution in [0.25, 0.3) is 0 Å². The Labute approximate surface area is 68.9 Å². The number of rotatable bonds is 3. The number of carbonyl (C=O) groups excluding carboxylic acids is 1. The Bertz CT molecular complexity index is 309. The zero-order chi connectivity index (χ0) is 8.97. The van der Waals surface area contributed by atoms with Crippen LogP contribution >= 0.6 is 0 Å². The minimum Gasteiger partial charge on any atom is -0.481 e. The highest BCUT2D eigenvalue weighted by molar-refractivity contribution is 5.73. The van der Waals surface area contributed by atoms with Crippen molar-refractivity contribution < 1.29 is 14.7 Å².